The van der Waals surface area contributed by atoms with Crippen LogP contribution in [0.3, 0.4) is 0 Å². The van der Waals surface area contributed by atoms with Crippen molar-refractivity contribution in [3.8, 4) is 5.75 Å². The maximum Gasteiger partial charge on any atom is 0.227 e. The maximum atomic E-state index is 13.4. The van der Waals surface area contributed by atoms with Crippen LogP contribution in [-0.2, 0) is 16.1 Å². The summed E-state index contributed by atoms with van der Waals surface area (Å²) in [6.45, 7) is 3.78. The average Bonchev–Trinajstić information content (AvgIpc) is 3.25. The largest absolute Gasteiger partial charge is 0.497 e. The molecular formula is C23H31ClN2O3. The average molecular weight is 419 g/mol. The van der Waals surface area contributed by atoms with Crippen LogP contribution in [0.1, 0.15) is 36.9 Å². The predicted octanol–water partition coefficient (Wildman–Crippen LogP) is 3.96. The van der Waals surface area contributed by atoms with E-state index in [2.05, 4.69) is 0 Å². The van der Waals surface area contributed by atoms with Crippen LogP contribution in [0.15, 0.2) is 54.6 Å². The molecule has 3 unspecified atom stereocenters. The lowest BCUT2D eigenvalue weighted by molar-refractivity contribution is -0.138. The van der Waals surface area contributed by atoms with Crippen molar-refractivity contribution >= 4 is 18.3 Å². The van der Waals surface area contributed by atoms with Crippen LogP contribution in [0.5, 0.6) is 5.75 Å². The van der Waals surface area contributed by atoms with Gasteiger partial charge >= 0.3 is 0 Å². The van der Waals surface area contributed by atoms with E-state index in [4.69, 9.17) is 15.2 Å². The minimum Gasteiger partial charge on any atom is -0.497 e. The van der Waals surface area contributed by atoms with Gasteiger partial charge in [-0.25, -0.2) is 0 Å². The molecule has 29 heavy (non-hydrogen) atoms. The monoisotopic (exact) mass is 418 g/mol. The number of halogens is 1. The van der Waals surface area contributed by atoms with Crippen LogP contribution < -0.4 is 10.5 Å². The topological polar surface area (TPSA) is 64.8 Å². The summed E-state index contributed by atoms with van der Waals surface area (Å²) in [6, 6.07) is 17.3. The first-order chi connectivity index (χ1) is 13.6. The van der Waals surface area contributed by atoms with Crippen molar-refractivity contribution in [1.82, 2.24) is 4.90 Å². The second-order valence-electron chi connectivity index (χ2n) is 7.43. The number of carbonyl (C=O) groups is 1. The van der Waals surface area contributed by atoms with Gasteiger partial charge < -0.3 is 20.1 Å². The van der Waals surface area contributed by atoms with E-state index in [1.807, 2.05) is 66.4 Å². The molecule has 1 amide bonds. The molecule has 0 aromatic heterocycles. The smallest absolute Gasteiger partial charge is 0.227 e. The number of nitrogens with zero attached hydrogens (tertiary/aromatic N) is 1. The fourth-order valence-corrected chi connectivity index (χ4v) is 3.66. The first-order valence-corrected chi connectivity index (χ1v) is 9.92. The summed E-state index contributed by atoms with van der Waals surface area (Å²) < 4.78 is 11.1. The third-order valence-electron chi connectivity index (χ3n) is 5.38. The minimum absolute atomic E-state index is 0. The molecule has 1 fully saturated rings. The number of amides is 1. The molecule has 1 aliphatic heterocycles. The zero-order valence-corrected chi connectivity index (χ0v) is 17.9. The Morgan fingerprint density at radius 3 is 2.66 bits per heavy atom. The van der Waals surface area contributed by atoms with E-state index >= 15 is 0 Å². The van der Waals surface area contributed by atoms with E-state index in [1.165, 1.54) is 0 Å². The molecule has 2 aromatic rings. The Labute approximate surface area is 179 Å². The standard InChI is InChI=1S/C23H30N2O3.ClH/c1-17(22(24)19-9-4-3-5-10-19)23(26)25(16-21-12-7-13-28-21)15-18-8-6-11-20(14-18)27-2;/h3-6,8-11,14,17,21-22H,7,12-13,15-16,24H2,1-2H3;1H. The van der Waals surface area contributed by atoms with E-state index < -0.39 is 0 Å². The van der Waals surface area contributed by atoms with E-state index in [9.17, 15) is 4.79 Å². The molecule has 0 aliphatic carbocycles. The summed E-state index contributed by atoms with van der Waals surface area (Å²) in [5, 5.41) is 0. The Morgan fingerprint density at radius 1 is 1.24 bits per heavy atom. The van der Waals surface area contributed by atoms with Crippen LogP contribution in [0.25, 0.3) is 0 Å². The van der Waals surface area contributed by atoms with Gasteiger partial charge in [0.25, 0.3) is 0 Å². The summed E-state index contributed by atoms with van der Waals surface area (Å²) in [5.74, 6) is 0.514. The van der Waals surface area contributed by atoms with Gasteiger partial charge in [-0.3, -0.25) is 4.79 Å². The van der Waals surface area contributed by atoms with E-state index in [0.29, 0.717) is 13.1 Å². The van der Waals surface area contributed by atoms with Gasteiger partial charge in [-0.1, -0.05) is 49.4 Å². The summed E-state index contributed by atoms with van der Waals surface area (Å²) in [4.78, 5) is 15.3. The number of nitrogens with two attached hydrogens (primary N) is 1. The van der Waals surface area contributed by atoms with Crippen molar-refractivity contribution in [3.63, 3.8) is 0 Å². The fraction of sp³-hybridized carbons (Fsp3) is 0.435. The number of hydrogen-bond donors (Lipinski definition) is 1. The zero-order valence-electron chi connectivity index (χ0n) is 17.1. The Hall–Kier alpha value is -2.08. The Kier molecular flexibility index (Phi) is 8.96. The van der Waals surface area contributed by atoms with Crippen molar-refractivity contribution in [3.05, 3.63) is 65.7 Å². The minimum atomic E-state index is -0.342. The van der Waals surface area contributed by atoms with Crippen molar-refractivity contribution in [2.45, 2.75) is 38.5 Å². The predicted molar refractivity (Wildman–Crippen MR) is 117 cm³/mol. The van der Waals surface area contributed by atoms with Gasteiger partial charge in [-0.2, -0.15) is 0 Å². The molecule has 3 atom stereocenters. The zero-order chi connectivity index (χ0) is 19.9. The van der Waals surface area contributed by atoms with Crippen LogP contribution in [0.4, 0.5) is 0 Å². The Bertz CT molecular complexity index is 766. The van der Waals surface area contributed by atoms with Gasteiger partial charge in [0.2, 0.25) is 5.91 Å². The van der Waals surface area contributed by atoms with Gasteiger partial charge in [0, 0.05) is 25.7 Å². The van der Waals surface area contributed by atoms with Crippen molar-refractivity contribution in [1.29, 1.82) is 0 Å². The highest BCUT2D eigenvalue weighted by atomic mass is 35.5. The summed E-state index contributed by atoms with van der Waals surface area (Å²) in [7, 11) is 1.65. The SMILES string of the molecule is COc1cccc(CN(CC2CCCO2)C(=O)C(C)C(N)c2ccccc2)c1.Cl. The Balaban J connectivity index is 0.00000300. The van der Waals surface area contributed by atoms with Gasteiger partial charge in [-0.15, -0.1) is 12.4 Å². The molecule has 2 aromatic carbocycles. The molecule has 6 heteroatoms. The summed E-state index contributed by atoms with van der Waals surface area (Å²) in [6.07, 6.45) is 2.13. The molecule has 1 aliphatic rings. The van der Waals surface area contributed by atoms with Gasteiger partial charge in [0.15, 0.2) is 0 Å². The highest BCUT2D eigenvalue weighted by molar-refractivity contribution is 5.85. The lowest BCUT2D eigenvalue weighted by Crippen LogP contribution is -2.42. The third-order valence-corrected chi connectivity index (χ3v) is 5.38. The molecule has 158 valence electrons. The summed E-state index contributed by atoms with van der Waals surface area (Å²) in [5.41, 5.74) is 8.43. The van der Waals surface area contributed by atoms with Crippen LogP contribution in [-0.4, -0.2) is 37.2 Å². The van der Waals surface area contributed by atoms with Crippen molar-refractivity contribution in [2.75, 3.05) is 20.3 Å². The lowest BCUT2D eigenvalue weighted by Gasteiger charge is -2.30. The van der Waals surface area contributed by atoms with Gasteiger partial charge in [0.1, 0.15) is 5.75 Å². The molecule has 0 spiro atoms. The molecule has 0 radical (unpaired) electrons. The normalized spacial score (nSPS) is 17.8. The van der Waals surface area contributed by atoms with E-state index in [-0.39, 0.29) is 36.4 Å². The molecule has 0 bridgehead atoms. The fourth-order valence-electron chi connectivity index (χ4n) is 3.66. The Morgan fingerprint density at radius 2 is 2.00 bits per heavy atom. The van der Waals surface area contributed by atoms with Gasteiger partial charge in [0.05, 0.1) is 19.1 Å². The number of hydrogen-bond acceptors (Lipinski definition) is 4. The maximum absolute atomic E-state index is 13.4. The first kappa shape index (κ1) is 23.2. The molecule has 1 heterocycles. The molecule has 0 saturated carbocycles. The number of carbonyl (C=O) groups excluding carboxylic acids is 1. The van der Waals surface area contributed by atoms with E-state index in [1.54, 1.807) is 7.11 Å². The van der Waals surface area contributed by atoms with Crippen LogP contribution in [0.2, 0.25) is 0 Å². The second-order valence-corrected chi connectivity index (χ2v) is 7.43. The molecule has 2 N–H and O–H groups in total. The van der Waals surface area contributed by atoms with E-state index in [0.717, 1.165) is 36.3 Å². The number of methoxy groups -OCH3 is 1. The molecule has 5 nitrogen and oxygen atoms in total. The highest BCUT2D eigenvalue weighted by Gasteiger charge is 2.29. The van der Waals surface area contributed by atoms with Crippen molar-refractivity contribution in [2.24, 2.45) is 11.7 Å². The number of ether oxygens (including phenoxy) is 2. The molecular weight excluding hydrogens is 388 g/mol. The highest BCUT2D eigenvalue weighted by Crippen LogP contribution is 2.24. The first-order valence-electron chi connectivity index (χ1n) is 9.92. The summed E-state index contributed by atoms with van der Waals surface area (Å²) >= 11 is 0. The molecule has 3 rings (SSSR count). The number of benzene rings is 2. The third kappa shape index (κ3) is 6.20. The second kappa shape index (κ2) is 11.2. The van der Waals surface area contributed by atoms with Gasteiger partial charge in [-0.05, 0) is 36.1 Å². The molecule has 1 saturated heterocycles. The number of rotatable bonds is 8. The van der Waals surface area contributed by atoms with Crippen molar-refractivity contribution < 1.29 is 14.3 Å². The quantitative estimate of drug-likeness (QED) is 0.704. The lowest BCUT2D eigenvalue weighted by atomic mass is 9.94. The van der Waals surface area contributed by atoms with Crippen LogP contribution >= 0.6 is 12.4 Å². The van der Waals surface area contributed by atoms with Crippen LogP contribution in [0, 0.1) is 5.92 Å².